The van der Waals surface area contributed by atoms with Gasteiger partial charge in [0.05, 0.1) is 36.9 Å². The number of nitrogens with one attached hydrogen (secondary N) is 2. The van der Waals surface area contributed by atoms with Crippen LogP contribution in [0.4, 0.5) is 11.4 Å². The van der Waals surface area contributed by atoms with Gasteiger partial charge in [0, 0.05) is 12.3 Å². The number of ether oxygens (including phenoxy) is 2. The van der Waals surface area contributed by atoms with Crippen molar-refractivity contribution in [3.8, 4) is 17.6 Å². The van der Waals surface area contributed by atoms with Gasteiger partial charge in [-0.05, 0) is 30.7 Å². The molecule has 2 rings (SSSR count). The SMILES string of the molecule is COc1ccc(C(C)NC(=O)/C(C#N)=C\Nc2ccc([N+](=O)[O-])cc2OC)cc1. The normalized spacial score (nSPS) is 11.7. The number of carbonyl (C=O) groups is 1. The standard InChI is InChI=1S/C20H20N4O5/c1-13(14-4-7-17(28-2)8-5-14)23-20(25)15(11-21)12-22-18-9-6-16(24(26)27)10-19(18)29-3/h4-10,12-13,22H,1-3H3,(H,23,25)/b15-12-. The van der Waals surface area contributed by atoms with E-state index >= 15 is 0 Å². The Labute approximate surface area is 167 Å². The van der Waals surface area contributed by atoms with Crippen molar-refractivity contribution in [2.24, 2.45) is 0 Å². The first kappa shape index (κ1) is 21.2. The Kier molecular flexibility index (Phi) is 7.14. The molecular formula is C20H20N4O5. The Hall–Kier alpha value is -4.06. The molecule has 150 valence electrons. The maximum absolute atomic E-state index is 12.4. The summed E-state index contributed by atoms with van der Waals surface area (Å²) in [5, 5.41) is 25.7. The van der Waals surface area contributed by atoms with Crippen molar-refractivity contribution in [3.05, 3.63) is 69.9 Å². The highest BCUT2D eigenvalue weighted by Gasteiger charge is 2.15. The molecule has 1 unspecified atom stereocenters. The molecule has 1 atom stereocenters. The highest BCUT2D eigenvalue weighted by molar-refractivity contribution is 5.97. The van der Waals surface area contributed by atoms with Gasteiger partial charge in [0.25, 0.3) is 11.6 Å². The van der Waals surface area contributed by atoms with E-state index in [9.17, 15) is 20.2 Å². The van der Waals surface area contributed by atoms with Crippen LogP contribution in [0, 0.1) is 21.4 Å². The van der Waals surface area contributed by atoms with Crippen molar-refractivity contribution in [3.63, 3.8) is 0 Å². The van der Waals surface area contributed by atoms with E-state index in [1.807, 2.05) is 18.2 Å². The molecular weight excluding hydrogens is 376 g/mol. The number of hydrogen-bond donors (Lipinski definition) is 2. The smallest absolute Gasteiger partial charge is 0.273 e. The van der Waals surface area contributed by atoms with Gasteiger partial charge in [-0.2, -0.15) is 5.26 Å². The second kappa shape index (κ2) is 9.75. The van der Waals surface area contributed by atoms with Crippen LogP contribution in [0.2, 0.25) is 0 Å². The molecule has 1 amide bonds. The highest BCUT2D eigenvalue weighted by atomic mass is 16.6. The highest BCUT2D eigenvalue weighted by Crippen LogP contribution is 2.29. The first-order valence-electron chi connectivity index (χ1n) is 8.53. The molecule has 0 saturated heterocycles. The Morgan fingerprint density at radius 1 is 1.21 bits per heavy atom. The van der Waals surface area contributed by atoms with Crippen molar-refractivity contribution in [1.29, 1.82) is 5.26 Å². The van der Waals surface area contributed by atoms with E-state index in [0.29, 0.717) is 11.4 Å². The van der Waals surface area contributed by atoms with Crippen LogP contribution in [0.3, 0.4) is 0 Å². The van der Waals surface area contributed by atoms with Gasteiger partial charge in [0.2, 0.25) is 0 Å². The maximum Gasteiger partial charge on any atom is 0.273 e. The molecule has 2 N–H and O–H groups in total. The number of benzene rings is 2. The van der Waals surface area contributed by atoms with Gasteiger partial charge < -0.3 is 20.1 Å². The summed E-state index contributed by atoms with van der Waals surface area (Å²) in [5.41, 5.74) is 0.928. The van der Waals surface area contributed by atoms with E-state index in [4.69, 9.17) is 9.47 Å². The van der Waals surface area contributed by atoms with Crippen molar-refractivity contribution >= 4 is 17.3 Å². The maximum atomic E-state index is 12.4. The summed E-state index contributed by atoms with van der Waals surface area (Å²) < 4.78 is 10.2. The quantitative estimate of drug-likeness (QED) is 0.303. The molecule has 29 heavy (non-hydrogen) atoms. The van der Waals surface area contributed by atoms with E-state index in [-0.39, 0.29) is 23.1 Å². The second-order valence-electron chi connectivity index (χ2n) is 5.92. The molecule has 0 radical (unpaired) electrons. The van der Waals surface area contributed by atoms with Crippen LogP contribution in [0.15, 0.2) is 54.2 Å². The number of nitriles is 1. The van der Waals surface area contributed by atoms with Crippen LogP contribution >= 0.6 is 0 Å². The number of amides is 1. The van der Waals surface area contributed by atoms with Crippen LogP contribution in [-0.4, -0.2) is 25.1 Å². The van der Waals surface area contributed by atoms with Gasteiger partial charge >= 0.3 is 0 Å². The van der Waals surface area contributed by atoms with Crippen molar-refractivity contribution in [2.45, 2.75) is 13.0 Å². The van der Waals surface area contributed by atoms with Gasteiger partial charge in [-0.3, -0.25) is 14.9 Å². The number of nitrogens with zero attached hydrogens (tertiary/aromatic N) is 2. The monoisotopic (exact) mass is 396 g/mol. The summed E-state index contributed by atoms with van der Waals surface area (Å²) in [6, 6.07) is 12.7. The Balaban J connectivity index is 2.11. The van der Waals surface area contributed by atoms with E-state index in [0.717, 1.165) is 5.56 Å². The first-order valence-corrected chi connectivity index (χ1v) is 8.53. The van der Waals surface area contributed by atoms with Crippen molar-refractivity contribution in [1.82, 2.24) is 5.32 Å². The molecule has 0 aliphatic rings. The first-order chi connectivity index (χ1) is 13.9. The number of nitro groups is 1. The molecule has 0 heterocycles. The third-order valence-corrected chi connectivity index (χ3v) is 4.10. The van der Waals surface area contributed by atoms with Crippen molar-refractivity contribution in [2.75, 3.05) is 19.5 Å². The lowest BCUT2D eigenvalue weighted by molar-refractivity contribution is -0.384. The zero-order chi connectivity index (χ0) is 21.4. The second-order valence-corrected chi connectivity index (χ2v) is 5.92. The number of anilines is 1. The van der Waals surface area contributed by atoms with Gasteiger partial charge in [-0.1, -0.05) is 12.1 Å². The molecule has 2 aromatic carbocycles. The van der Waals surface area contributed by atoms with Crippen LogP contribution in [0.5, 0.6) is 11.5 Å². The van der Waals surface area contributed by atoms with Crippen LogP contribution < -0.4 is 20.1 Å². The van der Waals surface area contributed by atoms with E-state index in [2.05, 4.69) is 10.6 Å². The number of methoxy groups -OCH3 is 2. The molecule has 0 fully saturated rings. The van der Waals surface area contributed by atoms with E-state index in [1.54, 1.807) is 26.2 Å². The predicted molar refractivity (Wildman–Crippen MR) is 107 cm³/mol. The molecule has 0 aliphatic heterocycles. The van der Waals surface area contributed by atoms with Gasteiger partial charge in [0.1, 0.15) is 23.1 Å². The van der Waals surface area contributed by atoms with Gasteiger partial charge in [-0.15, -0.1) is 0 Å². The predicted octanol–water partition coefficient (Wildman–Crippen LogP) is 3.31. The van der Waals surface area contributed by atoms with Gasteiger partial charge in [-0.25, -0.2) is 0 Å². The minimum Gasteiger partial charge on any atom is -0.497 e. The molecule has 0 spiro atoms. The number of non-ortho nitro benzene ring substituents is 1. The minimum absolute atomic E-state index is 0.136. The summed E-state index contributed by atoms with van der Waals surface area (Å²) in [7, 11) is 2.93. The molecule has 0 saturated carbocycles. The number of hydrogen-bond acceptors (Lipinski definition) is 7. The fraction of sp³-hybridized carbons (Fsp3) is 0.200. The molecule has 0 aliphatic carbocycles. The zero-order valence-corrected chi connectivity index (χ0v) is 16.1. The van der Waals surface area contributed by atoms with Gasteiger partial charge in [0.15, 0.2) is 0 Å². The number of nitro benzene ring substituents is 1. The minimum atomic E-state index is -0.566. The average molecular weight is 396 g/mol. The topological polar surface area (TPSA) is 127 Å². The number of rotatable bonds is 8. The fourth-order valence-electron chi connectivity index (χ4n) is 2.46. The zero-order valence-electron chi connectivity index (χ0n) is 16.1. The van der Waals surface area contributed by atoms with E-state index in [1.165, 1.54) is 31.5 Å². The Bertz CT molecular complexity index is 964. The summed E-state index contributed by atoms with van der Waals surface area (Å²) in [6.07, 6.45) is 1.22. The Morgan fingerprint density at radius 3 is 2.45 bits per heavy atom. The van der Waals surface area contributed by atoms with E-state index < -0.39 is 10.8 Å². The summed E-state index contributed by atoms with van der Waals surface area (Å²) in [4.78, 5) is 22.7. The third-order valence-electron chi connectivity index (χ3n) is 4.10. The fourth-order valence-corrected chi connectivity index (χ4v) is 2.46. The third kappa shape index (κ3) is 5.46. The molecule has 9 nitrogen and oxygen atoms in total. The summed E-state index contributed by atoms with van der Waals surface area (Å²) in [5.74, 6) is 0.343. The van der Waals surface area contributed by atoms with Crippen LogP contribution in [0.1, 0.15) is 18.5 Å². The lowest BCUT2D eigenvalue weighted by Crippen LogP contribution is -2.28. The molecule has 2 aromatic rings. The number of carbonyl (C=O) groups excluding carboxylic acids is 1. The average Bonchev–Trinajstić information content (AvgIpc) is 2.74. The van der Waals surface area contributed by atoms with Crippen molar-refractivity contribution < 1.29 is 19.2 Å². The summed E-state index contributed by atoms with van der Waals surface area (Å²) in [6.45, 7) is 1.79. The largest absolute Gasteiger partial charge is 0.497 e. The van der Waals surface area contributed by atoms with Crippen LogP contribution in [0.25, 0.3) is 0 Å². The lowest BCUT2D eigenvalue weighted by atomic mass is 10.1. The molecule has 0 aromatic heterocycles. The molecule has 9 heteroatoms. The lowest BCUT2D eigenvalue weighted by Gasteiger charge is -2.14. The Morgan fingerprint density at radius 2 is 1.90 bits per heavy atom. The van der Waals surface area contributed by atoms with Crippen LogP contribution in [-0.2, 0) is 4.79 Å². The molecule has 0 bridgehead atoms. The summed E-state index contributed by atoms with van der Waals surface area (Å²) >= 11 is 0.